The fourth-order valence-corrected chi connectivity index (χ4v) is 4.21. The first-order valence-electron chi connectivity index (χ1n) is 11.2. The highest BCUT2D eigenvalue weighted by atomic mass is 16.3. The summed E-state index contributed by atoms with van der Waals surface area (Å²) in [6, 6.07) is 28.1. The molecule has 2 heteroatoms. The van der Waals surface area contributed by atoms with Crippen LogP contribution in [0.2, 0.25) is 0 Å². The van der Waals surface area contributed by atoms with E-state index < -0.39 is 0 Å². The summed E-state index contributed by atoms with van der Waals surface area (Å²) in [4.78, 5) is 0. The molecule has 0 bridgehead atoms. The zero-order valence-electron chi connectivity index (χ0n) is 19.0. The normalized spacial score (nSPS) is 11.5. The van der Waals surface area contributed by atoms with Gasteiger partial charge in [0.05, 0.1) is 0 Å². The second-order valence-corrected chi connectivity index (χ2v) is 7.98. The van der Waals surface area contributed by atoms with Crippen molar-refractivity contribution >= 4 is 12.2 Å². The molecule has 2 N–H and O–H groups in total. The SMILES string of the molecule is CC=Cc1c(-c2ccccc2)ccc(Cc2ccc(-c3ccccc3)c(C=CC)c2O)c1O. The molecule has 0 fully saturated rings. The molecule has 4 rings (SSSR count). The van der Waals surface area contributed by atoms with Gasteiger partial charge in [-0.2, -0.15) is 0 Å². The highest BCUT2D eigenvalue weighted by Gasteiger charge is 2.16. The van der Waals surface area contributed by atoms with Crippen molar-refractivity contribution in [3.63, 3.8) is 0 Å². The molecule has 0 spiro atoms. The number of hydrogen-bond acceptors (Lipinski definition) is 2. The van der Waals surface area contributed by atoms with Gasteiger partial charge >= 0.3 is 0 Å². The van der Waals surface area contributed by atoms with Gasteiger partial charge in [0.15, 0.2) is 0 Å². The monoisotopic (exact) mass is 432 g/mol. The molecule has 0 heterocycles. The van der Waals surface area contributed by atoms with Crippen molar-refractivity contribution in [2.75, 3.05) is 0 Å². The summed E-state index contributed by atoms with van der Waals surface area (Å²) in [6.45, 7) is 3.89. The third-order valence-corrected chi connectivity index (χ3v) is 5.82. The summed E-state index contributed by atoms with van der Waals surface area (Å²) in [5.74, 6) is 0.488. The van der Waals surface area contributed by atoms with Gasteiger partial charge < -0.3 is 10.2 Å². The van der Waals surface area contributed by atoms with Crippen LogP contribution < -0.4 is 0 Å². The van der Waals surface area contributed by atoms with Crippen molar-refractivity contribution in [3.8, 4) is 33.8 Å². The van der Waals surface area contributed by atoms with E-state index in [-0.39, 0.29) is 11.5 Å². The average Bonchev–Trinajstić information content (AvgIpc) is 2.85. The first kappa shape index (κ1) is 22.2. The quantitative estimate of drug-likeness (QED) is 0.323. The molecule has 0 amide bonds. The molecule has 0 unspecified atom stereocenters. The van der Waals surface area contributed by atoms with Crippen LogP contribution in [-0.4, -0.2) is 10.2 Å². The van der Waals surface area contributed by atoms with Crippen molar-refractivity contribution in [2.45, 2.75) is 20.3 Å². The van der Waals surface area contributed by atoms with Crippen LogP contribution in [0.25, 0.3) is 34.4 Å². The molecule has 0 saturated heterocycles. The van der Waals surface area contributed by atoms with Crippen molar-refractivity contribution in [3.05, 3.63) is 119 Å². The summed E-state index contributed by atoms with van der Waals surface area (Å²) in [5.41, 5.74) is 7.19. The molecule has 0 saturated carbocycles. The van der Waals surface area contributed by atoms with Gasteiger partial charge in [-0.25, -0.2) is 0 Å². The van der Waals surface area contributed by atoms with Crippen LogP contribution >= 0.6 is 0 Å². The maximum Gasteiger partial charge on any atom is 0.126 e. The Morgan fingerprint density at radius 3 is 1.30 bits per heavy atom. The van der Waals surface area contributed by atoms with Gasteiger partial charge in [-0.15, -0.1) is 0 Å². The van der Waals surface area contributed by atoms with Crippen LogP contribution in [0.1, 0.15) is 36.1 Å². The van der Waals surface area contributed by atoms with Crippen molar-refractivity contribution < 1.29 is 10.2 Å². The molecule has 0 aliphatic heterocycles. The Morgan fingerprint density at radius 2 is 0.939 bits per heavy atom. The zero-order valence-corrected chi connectivity index (χ0v) is 19.0. The summed E-state index contributed by atoms with van der Waals surface area (Å²) in [6.07, 6.45) is 8.16. The van der Waals surface area contributed by atoms with Gasteiger partial charge in [0.1, 0.15) is 11.5 Å². The molecular weight excluding hydrogens is 404 g/mol. The summed E-state index contributed by atoms with van der Waals surface area (Å²) >= 11 is 0. The largest absolute Gasteiger partial charge is 0.507 e. The summed E-state index contributed by atoms with van der Waals surface area (Å²) < 4.78 is 0. The van der Waals surface area contributed by atoms with Gasteiger partial charge in [-0.3, -0.25) is 0 Å². The Labute approximate surface area is 195 Å². The molecule has 2 nitrogen and oxygen atoms in total. The Morgan fingerprint density at radius 1 is 0.545 bits per heavy atom. The van der Waals surface area contributed by atoms with E-state index in [0.717, 1.165) is 44.5 Å². The second kappa shape index (κ2) is 10.1. The Balaban J connectivity index is 1.78. The van der Waals surface area contributed by atoms with Crippen molar-refractivity contribution in [1.29, 1.82) is 0 Å². The van der Waals surface area contributed by atoms with E-state index in [1.807, 2.05) is 123 Å². The Kier molecular flexibility index (Phi) is 6.75. The molecule has 4 aromatic carbocycles. The van der Waals surface area contributed by atoms with Crippen LogP contribution in [0.5, 0.6) is 11.5 Å². The lowest BCUT2D eigenvalue weighted by molar-refractivity contribution is 0.462. The van der Waals surface area contributed by atoms with Gasteiger partial charge in [-0.05, 0) is 47.2 Å². The van der Waals surface area contributed by atoms with E-state index >= 15 is 0 Å². The van der Waals surface area contributed by atoms with Gasteiger partial charge in [0.25, 0.3) is 0 Å². The first-order valence-corrected chi connectivity index (χ1v) is 11.2. The van der Waals surface area contributed by atoms with Crippen LogP contribution in [0.15, 0.2) is 97.1 Å². The van der Waals surface area contributed by atoms with Crippen molar-refractivity contribution in [1.82, 2.24) is 0 Å². The lowest BCUT2D eigenvalue weighted by atomic mass is 9.91. The fraction of sp³-hybridized carbons (Fsp3) is 0.0968. The highest BCUT2D eigenvalue weighted by molar-refractivity contribution is 5.81. The minimum absolute atomic E-state index is 0.244. The Bertz CT molecular complexity index is 1200. The minimum atomic E-state index is 0.244. The maximum absolute atomic E-state index is 11.2. The minimum Gasteiger partial charge on any atom is -0.507 e. The van der Waals surface area contributed by atoms with E-state index in [2.05, 4.69) is 0 Å². The van der Waals surface area contributed by atoms with Crippen LogP contribution in [0, 0.1) is 0 Å². The zero-order chi connectivity index (χ0) is 23.2. The van der Waals surface area contributed by atoms with E-state index in [9.17, 15) is 10.2 Å². The highest BCUT2D eigenvalue weighted by Crippen LogP contribution is 2.39. The topological polar surface area (TPSA) is 40.5 Å². The smallest absolute Gasteiger partial charge is 0.126 e. The number of hydrogen-bond donors (Lipinski definition) is 2. The predicted molar refractivity (Wildman–Crippen MR) is 139 cm³/mol. The van der Waals surface area contributed by atoms with E-state index in [1.54, 1.807) is 0 Å². The first-order chi connectivity index (χ1) is 16.1. The van der Waals surface area contributed by atoms with Crippen LogP contribution in [0.4, 0.5) is 0 Å². The van der Waals surface area contributed by atoms with E-state index in [1.165, 1.54) is 0 Å². The average molecular weight is 433 g/mol. The fourth-order valence-electron chi connectivity index (χ4n) is 4.21. The van der Waals surface area contributed by atoms with Crippen LogP contribution in [-0.2, 0) is 6.42 Å². The van der Waals surface area contributed by atoms with E-state index in [4.69, 9.17) is 0 Å². The molecular formula is C31H28O2. The summed E-state index contributed by atoms with van der Waals surface area (Å²) in [7, 11) is 0. The van der Waals surface area contributed by atoms with Crippen LogP contribution in [0.3, 0.4) is 0 Å². The van der Waals surface area contributed by atoms with Gasteiger partial charge in [0, 0.05) is 17.5 Å². The molecule has 0 aromatic heterocycles. The number of phenols is 2. The Hall–Kier alpha value is -4.04. The number of rotatable bonds is 6. The number of phenolic OH excluding ortho intramolecular Hbond substituents is 2. The maximum atomic E-state index is 11.2. The van der Waals surface area contributed by atoms with Gasteiger partial charge in [0.2, 0.25) is 0 Å². The molecule has 164 valence electrons. The standard InChI is InChI=1S/C31H28O2/c1-3-11-28-26(22-13-7-5-8-14-22)19-17-24(30(28)32)21-25-18-20-27(23-15-9-6-10-16-23)29(12-4-2)31(25)33/h3-20,32-33H,21H2,1-2H3. The number of aromatic hydroxyl groups is 2. The second-order valence-electron chi connectivity index (χ2n) is 7.98. The molecule has 0 aliphatic carbocycles. The lowest BCUT2D eigenvalue weighted by Crippen LogP contribution is -1.96. The van der Waals surface area contributed by atoms with Gasteiger partial charge in [-0.1, -0.05) is 109 Å². The number of benzene rings is 4. The third kappa shape index (κ3) is 4.61. The molecule has 4 aromatic rings. The molecule has 33 heavy (non-hydrogen) atoms. The molecule has 0 atom stereocenters. The van der Waals surface area contributed by atoms with Crippen molar-refractivity contribution in [2.24, 2.45) is 0 Å². The summed E-state index contributed by atoms with van der Waals surface area (Å²) in [5, 5.41) is 22.3. The van der Waals surface area contributed by atoms with E-state index in [0.29, 0.717) is 6.42 Å². The molecule has 0 radical (unpaired) electrons. The lowest BCUT2D eigenvalue weighted by Gasteiger charge is -2.16. The third-order valence-electron chi connectivity index (χ3n) is 5.82. The predicted octanol–water partition coefficient (Wildman–Crippen LogP) is 8.09. The molecule has 0 aliphatic rings. The number of allylic oxidation sites excluding steroid dienone is 2.